The monoisotopic (exact) mass is 248 g/mol. The molecule has 0 aliphatic heterocycles. The number of rotatable bonds is 2. The minimum absolute atomic E-state index is 0.0286. The van der Waals surface area contributed by atoms with Crippen LogP contribution in [-0.4, -0.2) is 11.3 Å². The standard InChI is InChI=1S/C8H3F3N2O2S/c9-8(10,11)15-4-1-2-5-6(3-4)16-7(12-5)13-14/h1-3H. The van der Waals surface area contributed by atoms with E-state index in [1.54, 1.807) is 0 Å². The van der Waals surface area contributed by atoms with Gasteiger partial charge in [-0.15, -0.1) is 18.1 Å². The molecule has 1 aromatic carbocycles. The van der Waals surface area contributed by atoms with Gasteiger partial charge in [-0.3, -0.25) is 0 Å². The first-order valence-electron chi connectivity index (χ1n) is 3.97. The van der Waals surface area contributed by atoms with Gasteiger partial charge in [0.25, 0.3) is 5.13 Å². The molecule has 2 aromatic rings. The molecular weight excluding hydrogens is 245 g/mol. The van der Waals surface area contributed by atoms with E-state index in [1.165, 1.54) is 6.07 Å². The third kappa shape index (κ3) is 2.27. The molecule has 0 unspecified atom stereocenters. The molecule has 0 radical (unpaired) electrons. The Morgan fingerprint density at radius 3 is 2.75 bits per heavy atom. The number of hydrogen-bond donors (Lipinski definition) is 0. The van der Waals surface area contributed by atoms with Crippen molar-refractivity contribution >= 4 is 26.7 Å². The van der Waals surface area contributed by atoms with Crippen molar-refractivity contribution in [1.29, 1.82) is 0 Å². The fourth-order valence-electron chi connectivity index (χ4n) is 1.13. The maximum absolute atomic E-state index is 11.9. The second-order valence-electron chi connectivity index (χ2n) is 2.77. The zero-order valence-corrected chi connectivity index (χ0v) is 8.30. The molecule has 0 saturated heterocycles. The summed E-state index contributed by atoms with van der Waals surface area (Å²) in [5, 5.41) is 2.58. The van der Waals surface area contributed by atoms with Crippen LogP contribution in [0.3, 0.4) is 0 Å². The molecule has 84 valence electrons. The Kier molecular flexibility index (Phi) is 2.50. The molecule has 1 aromatic heterocycles. The molecule has 0 aliphatic rings. The third-order valence-electron chi connectivity index (χ3n) is 1.66. The van der Waals surface area contributed by atoms with Gasteiger partial charge in [-0.05, 0) is 12.1 Å². The Labute approximate surface area is 90.6 Å². The van der Waals surface area contributed by atoms with Crippen LogP contribution in [0.4, 0.5) is 18.3 Å². The minimum atomic E-state index is -4.73. The van der Waals surface area contributed by atoms with Crippen molar-refractivity contribution in [2.24, 2.45) is 5.18 Å². The van der Waals surface area contributed by atoms with Gasteiger partial charge in [0.15, 0.2) is 0 Å². The number of fused-ring (bicyclic) bond motifs is 1. The average Bonchev–Trinajstić information content (AvgIpc) is 2.57. The number of aromatic nitrogens is 1. The van der Waals surface area contributed by atoms with E-state index in [4.69, 9.17) is 0 Å². The van der Waals surface area contributed by atoms with E-state index in [9.17, 15) is 18.1 Å². The summed E-state index contributed by atoms with van der Waals surface area (Å²) in [6.07, 6.45) is -4.73. The van der Waals surface area contributed by atoms with Crippen LogP contribution in [0.25, 0.3) is 10.2 Å². The Morgan fingerprint density at radius 2 is 2.12 bits per heavy atom. The van der Waals surface area contributed by atoms with Crippen LogP contribution in [0.1, 0.15) is 0 Å². The summed E-state index contributed by atoms with van der Waals surface area (Å²) < 4.78 is 39.9. The van der Waals surface area contributed by atoms with Gasteiger partial charge >= 0.3 is 6.36 Å². The second-order valence-corrected chi connectivity index (χ2v) is 3.77. The molecule has 4 nitrogen and oxygen atoms in total. The average molecular weight is 248 g/mol. The Morgan fingerprint density at radius 1 is 1.38 bits per heavy atom. The number of nitroso groups, excluding NO2 is 1. The van der Waals surface area contributed by atoms with Crippen LogP contribution < -0.4 is 4.74 Å². The highest BCUT2D eigenvalue weighted by atomic mass is 32.1. The molecule has 1 heterocycles. The number of halogens is 3. The Hall–Kier alpha value is -1.70. The minimum Gasteiger partial charge on any atom is -0.406 e. The molecule has 0 spiro atoms. The van der Waals surface area contributed by atoms with Crippen LogP contribution in [-0.2, 0) is 0 Å². The van der Waals surface area contributed by atoms with E-state index in [1.807, 2.05) is 0 Å². The first kappa shape index (κ1) is 10.8. The van der Waals surface area contributed by atoms with E-state index in [-0.39, 0.29) is 10.9 Å². The molecule has 0 bridgehead atoms. The normalized spacial score (nSPS) is 11.7. The zero-order chi connectivity index (χ0) is 11.8. The molecule has 8 heteroatoms. The molecule has 0 amide bonds. The van der Waals surface area contributed by atoms with Gasteiger partial charge in [0.2, 0.25) is 0 Å². The van der Waals surface area contributed by atoms with Crippen molar-refractivity contribution in [2.75, 3.05) is 0 Å². The first-order chi connectivity index (χ1) is 7.48. The van der Waals surface area contributed by atoms with Crippen molar-refractivity contribution in [3.8, 4) is 5.75 Å². The van der Waals surface area contributed by atoms with Crippen LogP contribution in [0.15, 0.2) is 23.4 Å². The third-order valence-corrected chi connectivity index (χ3v) is 2.56. The lowest BCUT2D eigenvalue weighted by molar-refractivity contribution is -0.274. The van der Waals surface area contributed by atoms with Gasteiger partial charge in [0.1, 0.15) is 5.75 Å². The van der Waals surface area contributed by atoms with Crippen molar-refractivity contribution in [3.05, 3.63) is 23.1 Å². The van der Waals surface area contributed by atoms with Gasteiger partial charge in [-0.1, -0.05) is 11.3 Å². The summed E-state index contributed by atoms with van der Waals surface area (Å²) in [6.45, 7) is 0. The summed E-state index contributed by atoms with van der Waals surface area (Å²) in [5.74, 6) is -0.346. The van der Waals surface area contributed by atoms with Crippen molar-refractivity contribution < 1.29 is 17.9 Å². The fraction of sp³-hybridized carbons (Fsp3) is 0.125. The Bertz CT molecular complexity index is 538. The smallest absolute Gasteiger partial charge is 0.406 e. The predicted octanol–water partition coefficient (Wildman–Crippen LogP) is 3.59. The maximum atomic E-state index is 11.9. The highest BCUT2D eigenvalue weighted by Gasteiger charge is 2.31. The molecular formula is C8H3F3N2O2S. The second kappa shape index (κ2) is 3.71. The number of ether oxygens (including phenoxy) is 1. The van der Waals surface area contributed by atoms with E-state index < -0.39 is 6.36 Å². The van der Waals surface area contributed by atoms with E-state index in [2.05, 4.69) is 14.9 Å². The number of hydrogen-bond acceptors (Lipinski definition) is 5. The summed E-state index contributed by atoms with van der Waals surface area (Å²) in [4.78, 5) is 13.9. The van der Waals surface area contributed by atoms with Crippen molar-refractivity contribution in [3.63, 3.8) is 0 Å². The summed E-state index contributed by atoms with van der Waals surface area (Å²) in [6, 6.07) is 3.63. The lowest BCUT2D eigenvalue weighted by Gasteiger charge is -2.07. The maximum Gasteiger partial charge on any atom is 0.573 e. The summed E-state index contributed by atoms with van der Waals surface area (Å²) >= 11 is 0.900. The van der Waals surface area contributed by atoms with E-state index >= 15 is 0 Å². The van der Waals surface area contributed by atoms with Crippen molar-refractivity contribution in [1.82, 2.24) is 4.98 Å². The Balaban J connectivity index is 2.39. The van der Waals surface area contributed by atoms with Crippen LogP contribution in [0.5, 0.6) is 5.75 Å². The van der Waals surface area contributed by atoms with Crippen molar-refractivity contribution in [2.45, 2.75) is 6.36 Å². The highest BCUT2D eigenvalue weighted by Crippen LogP contribution is 2.32. The summed E-state index contributed by atoms with van der Waals surface area (Å²) in [7, 11) is 0. The van der Waals surface area contributed by atoms with Gasteiger partial charge in [0.05, 0.1) is 10.2 Å². The molecule has 16 heavy (non-hydrogen) atoms. The lowest BCUT2D eigenvalue weighted by Crippen LogP contribution is -2.16. The molecule has 2 rings (SSSR count). The number of nitrogens with zero attached hydrogens (tertiary/aromatic N) is 2. The molecule has 0 fully saturated rings. The lowest BCUT2D eigenvalue weighted by atomic mass is 10.3. The molecule has 0 aliphatic carbocycles. The number of alkyl halides is 3. The topological polar surface area (TPSA) is 51.5 Å². The van der Waals surface area contributed by atoms with Gasteiger partial charge < -0.3 is 4.74 Å². The fourth-order valence-corrected chi connectivity index (χ4v) is 1.90. The van der Waals surface area contributed by atoms with Gasteiger partial charge in [-0.2, -0.15) is 0 Å². The van der Waals surface area contributed by atoms with E-state index in [0.29, 0.717) is 10.2 Å². The predicted molar refractivity (Wildman–Crippen MR) is 51.8 cm³/mol. The first-order valence-corrected chi connectivity index (χ1v) is 4.79. The zero-order valence-electron chi connectivity index (χ0n) is 7.49. The molecule has 0 saturated carbocycles. The highest BCUT2D eigenvalue weighted by molar-refractivity contribution is 7.21. The van der Waals surface area contributed by atoms with Crippen LogP contribution >= 0.6 is 11.3 Å². The largest absolute Gasteiger partial charge is 0.573 e. The molecule has 0 atom stereocenters. The van der Waals surface area contributed by atoms with Gasteiger partial charge in [0, 0.05) is 11.2 Å². The SMILES string of the molecule is O=Nc1nc2ccc(OC(F)(F)F)cc2s1. The number of thiazole rings is 1. The van der Waals surface area contributed by atoms with Crippen LogP contribution in [0.2, 0.25) is 0 Å². The quantitative estimate of drug-likeness (QED) is 0.763. The van der Waals surface area contributed by atoms with Crippen LogP contribution in [0, 0.1) is 4.91 Å². The summed E-state index contributed by atoms with van der Waals surface area (Å²) in [5.41, 5.74) is 0.411. The molecule has 0 N–H and O–H groups in total. The number of benzene rings is 1. The van der Waals surface area contributed by atoms with E-state index in [0.717, 1.165) is 23.5 Å². The van der Waals surface area contributed by atoms with Gasteiger partial charge in [-0.25, -0.2) is 4.98 Å².